The van der Waals surface area contributed by atoms with Gasteiger partial charge in [0.2, 0.25) is 0 Å². The lowest BCUT2D eigenvalue weighted by Crippen LogP contribution is -2.41. The van der Waals surface area contributed by atoms with E-state index in [0.717, 1.165) is 10.5 Å². The average molecular weight is 361 g/mol. The molecule has 0 aliphatic carbocycles. The second-order valence-electron chi connectivity index (χ2n) is 6.90. The van der Waals surface area contributed by atoms with E-state index < -0.39 is 42.5 Å². The van der Waals surface area contributed by atoms with Gasteiger partial charge in [-0.15, -0.1) is 0 Å². The highest BCUT2D eigenvalue weighted by Crippen LogP contribution is 2.23. The maximum absolute atomic E-state index is 12.0. The van der Waals surface area contributed by atoms with Crippen LogP contribution in [0.25, 0.3) is 0 Å². The molecule has 0 unspecified atom stereocenters. The van der Waals surface area contributed by atoms with E-state index in [9.17, 15) is 19.2 Å². The highest BCUT2D eigenvalue weighted by molar-refractivity contribution is 6.08. The fourth-order valence-electron chi connectivity index (χ4n) is 2.58. The number of urea groups is 1. The zero-order valence-electron chi connectivity index (χ0n) is 15.3. The average Bonchev–Trinajstić information content (AvgIpc) is 2.75. The van der Waals surface area contributed by atoms with Gasteiger partial charge < -0.3 is 15.4 Å². The molecule has 0 bridgehead atoms. The van der Waals surface area contributed by atoms with Gasteiger partial charge in [0.05, 0.1) is 0 Å². The Balaban J connectivity index is 1.87. The quantitative estimate of drug-likeness (QED) is 0.592. The lowest BCUT2D eigenvalue weighted by molar-refractivity contribution is -0.150. The molecule has 140 valence electrons. The summed E-state index contributed by atoms with van der Waals surface area (Å²) >= 11 is 0. The standard InChI is InChI=1S/C18H23N3O5/c1-11(2)12-7-5-6-8-13(12)19-14(22)10-26-15(23)9-21-16(24)18(3,4)20-17(21)25/h5-8,11H,9-10H2,1-4H3,(H,19,22)(H,20,25). The highest BCUT2D eigenvalue weighted by atomic mass is 16.5. The van der Waals surface area contributed by atoms with E-state index in [2.05, 4.69) is 10.6 Å². The largest absolute Gasteiger partial charge is 0.454 e. The van der Waals surface area contributed by atoms with Gasteiger partial charge in [0.1, 0.15) is 12.1 Å². The minimum atomic E-state index is -1.06. The lowest BCUT2D eigenvalue weighted by Gasteiger charge is -2.16. The summed E-state index contributed by atoms with van der Waals surface area (Å²) in [5, 5.41) is 5.16. The van der Waals surface area contributed by atoms with Gasteiger partial charge in [-0.2, -0.15) is 0 Å². The van der Waals surface area contributed by atoms with Gasteiger partial charge in [0.25, 0.3) is 11.8 Å². The molecule has 4 amide bonds. The molecule has 1 fully saturated rings. The molecule has 26 heavy (non-hydrogen) atoms. The monoisotopic (exact) mass is 361 g/mol. The Morgan fingerprint density at radius 2 is 1.88 bits per heavy atom. The van der Waals surface area contributed by atoms with Gasteiger partial charge in [0, 0.05) is 5.69 Å². The van der Waals surface area contributed by atoms with Crippen molar-refractivity contribution in [3.8, 4) is 0 Å². The van der Waals surface area contributed by atoms with Crippen LogP contribution in [0, 0.1) is 0 Å². The number of esters is 1. The van der Waals surface area contributed by atoms with E-state index in [1.807, 2.05) is 26.0 Å². The van der Waals surface area contributed by atoms with Crippen LogP contribution in [-0.4, -0.2) is 47.4 Å². The van der Waals surface area contributed by atoms with E-state index in [1.165, 1.54) is 13.8 Å². The van der Waals surface area contributed by atoms with Crippen molar-refractivity contribution in [1.29, 1.82) is 0 Å². The number of imide groups is 1. The van der Waals surface area contributed by atoms with Crippen molar-refractivity contribution >= 4 is 29.5 Å². The predicted octanol–water partition coefficient (Wildman–Crippen LogP) is 1.62. The van der Waals surface area contributed by atoms with Gasteiger partial charge in [-0.25, -0.2) is 4.79 Å². The Bertz CT molecular complexity index is 742. The number of anilines is 1. The van der Waals surface area contributed by atoms with Crippen molar-refractivity contribution < 1.29 is 23.9 Å². The Labute approximate surface area is 151 Å². The Kier molecular flexibility index (Phi) is 5.64. The minimum absolute atomic E-state index is 0.220. The first-order chi connectivity index (χ1) is 12.1. The van der Waals surface area contributed by atoms with Crippen molar-refractivity contribution in [2.45, 2.75) is 39.2 Å². The second kappa shape index (κ2) is 7.55. The number of para-hydroxylation sites is 1. The lowest BCUT2D eigenvalue weighted by atomic mass is 10.0. The molecule has 0 aromatic heterocycles. The second-order valence-corrected chi connectivity index (χ2v) is 6.90. The first-order valence-electron chi connectivity index (χ1n) is 8.30. The van der Waals surface area contributed by atoms with Crippen LogP contribution in [0.2, 0.25) is 0 Å². The minimum Gasteiger partial charge on any atom is -0.454 e. The molecule has 2 rings (SSSR count). The zero-order chi connectivity index (χ0) is 19.5. The predicted molar refractivity (Wildman–Crippen MR) is 94.4 cm³/mol. The van der Waals surface area contributed by atoms with E-state index in [0.29, 0.717) is 5.69 Å². The maximum atomic E-state index is 12.0. The number of hydrogen-bond donors (Lipinski definition) is 2. The molecule has 1 aromatic rings. The molecule has 8 nitrogen and oxygen atoms in total. The number of carbonyl (C=O) groups excluding carboxylic acids is 4. The molecule has 2 N–H and O–H groups in total. The van der Waals surface area contributed by atoms with Gasteiger partial charge in [-0.1, -0.05) is 32.0 Å². The van der Waals surface area contributed by atoms with Gasteiger partial charge in [-0.05, 0) is 31.4 Å². The third-order valence-corrected chi connectivity index (χ3v) is 3.95. The number of nitrogens with zero attached hydrogens (tertiary/aromatic N) is 1. The molecule has 0 atom stereocenters. The van der Waals surface area contributed by atoms with Gasteiger partial charge >= 0.3 is 12.0 Å². The number of amides is 4. The molecule has 0 saturated carbocycles. The molecule has 1 heterocycles. The highest BCUT2D eigenvalue weighted by Gasteiger charge is 2.45. The third kappa shape index (κ3) is 4.38. The van der Waals surface area contributed by atoms with E-state index in [1.54, 1.807) is 12.1 Å². The molecule has 1 saturated heterocycles. The summed E-state index contributed by atoms with van der Waals surface area (Å²) in [5.74, 6) is -1.63. The first kappa shape index (κ1) is 19.4. The molecular weight excluding hydrogens is 338 g/mol. The summed E-state index contributed by atoms with van der Waals surface area (Å²) in [4.78, 5) is 48.4. The van der Waals surface area contributed by atoms with Crippen molar-refractivity contribution in [2.75, 3.05) is 18.5 Å². The summed E-state index contributed by atoms with van der Waals surface area (Å²) in [6.07, 6.45) is 0. The van der Waals surface area contributed by atoms with Crippen molar-refractivity contribution in [1.82, 2.24) is 10.2 Å². The number of nitrogens with one attached hydrogen (secondary N) is 2. The van der Waals surface area contributed by atoms with E-state index in [-0.39, 0.29) is 5.92 Å². The SMILES string of the molecule is CC(C)c1ccccc1NC(=O)COC(=O)CN1C(=O)NC(C)(C)C1=O. The summed E-state index contributed by atoms with van der Waals surface area (Å²) in [5.41, 5.74) is 0.558. The normalized spacial score (nSPS) is 15.8. The Morgan fingerprint density at radius 1 is 1.23 bits per heavy atom. The van der Waals surface area contributed by atoms with E-state index >= 15 is 0 Å². The third-order valence-electron chi connectivity index (χ3n) is 3.95. The Morgan fingerprint density at radius 3 is 2.46 bits per heavy atom. The number of ether oxygens (including phenoxy) is 1. The summed E-state index contributed by atoms with van der Waals surface area (Å²) in [6, 6.07) is 6.69. The molecule has 1 aliphatic rings. The van der Waals surface area contributed by atoms with Crippen LogP contribution in [0.1, 0.15) is 39.2 Å². The van der Waals surface area contributed by atoms with Crippen LogP contribution in [0.4, 0.5) is 10.5 Å². The number of benzene rings is 1. The molecule has 1 aromatic carbocycles. The van der Waals surface area contributed by atoms with Crippen LogP contribution >= 0.6 is 0 Å². The topological polar surface area (TPSA) is 105 Å². The van der Waals surface area contributed by atoms with Crippen LogP contribution in [0.15, 0.2) is 24.3 Å². The molecule has 1 aliphatic heterocycles. The number of carbonyl (C=O) groups is 4. The number of rotatable bonds is 6. The number of hydrogen-bond acceptors (Lipinski definition) is 5. The molecule has 0 spiro atoms. The molecule has 8 heteroatoms. The van der Waals surface area contributed by atoms with Crippen molar-refractivity contribution in [3.63, 3.8) is 0 Å². The summed E-state index contributed by atoms with van der Waals surface area (Å²) in [7, 11) is 0. The fourth-order valence-corrected chi connectivity index (χ4v) is 2.58. The Hall–Kier alpha value is -2.90. The smallest absolute Gasteiger partial charge is 0.326 e. The van der Waals surface area contributed by atoms with Crippen molar-refractivity contribution in [3.05, 3.63) is 29.8 Å². The van der Waals surface area contributed by atoms with Crippen LogP contribution in [0.3, 0.4) is 0 Å². The first-order valence-corrected chi connectivity index (χ1v) is 8.30. The van der Waals surface area contributed by atoms with Crippen LogP contribution in [0.5, 0.6) is 0 Å². The van der Waals surface area contributed by atoms with Crippen LogP contribution in [-0.2, 0) is 19.1 Å². The zero-order valence-corrected chi connectivity index (χ0v) is 15.3. The molecular formula is C18H23N3O5. The molecule has 0 radical (unpaired) electrons. The van der Waals surface area contributed by atoms with Gasteiger partial charge in [0.15, 0.2) is 6.61 Å². The maximum Gasteiger partial charge on any atom is 0.326 e. The van der Waals surface area contributed by atoms with Gasteiger partial charge in [-0.3, -0.25) is 19.3 Å². The van der Waals surface area contributed by atoms with Crippen LogP contribution < -0.4 is 10.6 Å². The summed E-state index contributed by atoms with van der Waals surface area (Å²) < 4.78 is 4.88. The van der Waals surface area contributed by atoms with Crippen molar-refractivity contribution in [2.24, 2.45) is 0 Å². The van der Waals surface area contributed by atoms with E-state index in [4.69, 9.17) is 4.74 Å². The fraction of sp³-hybridized carbons (Fsp3) is 0.444. The summed E-state index contributed by atoms with van der Waals surface area (Å²) in [6.45, 7) is 6.05.